The molecular weight excluding hydrogens is 250 g/mol. The number of hydrogen-bond donors (Lipinski definition) is 0. The lowest BCUT2D eigenvalue weighted by Crippen LogP contribution is -2.43. The molecule has 19 heavy (non-hydrogen) atoms. The highest BCUT2D eigenvalue weighted by molar-refractivity contribution is 5.75. The summed E-state index contributed by atoms with van der Waals surface area (Å²) in [5, 5.41) is 3.86. The van der Waals surface area contributed by atoms with E-state index in [2.05, 4.69) is 5.10 Å². The molecule has 0 bridgehead atoms. The molecule has 0 fully saturated rings. The molecule has 0 saturated heterocycles. The normalized spacial score (nSPS) is 11.4. The Morgan fingerprint density at radius 3 is 2.37 bits per heavy atom. The minimum Gasteiger partial charge on any atom is -0.443 e. The van der Waals surface area contributed by atoms with E-state index in [9.17, 15) is 14.4 Å². The van der Waals surface area contributed by atoms with E-state index in [-0.39, 0.29) is 5.69 Å². The Kier molecular flexibility index (Phi) is 4.28. The van der Waals surface area contributed by atoms with Gasteiger partial charge in [-0.2, -0.15) is 5.10 Å². The van der Waals surface area contributed by atoms with Crippen LogP contribution in [0.15, 0.2) is 9.59 Å². The average molecular weight is 269 g/mol. The molecular formula is C12H19N3O4. The van der Waals surface area contributed by atoms with Gasteiger partial charge in [-0.05, 0) is 34.6 Å². The van der Waals surface area contributed by atoms with Gasteiger partial charge in [0.2, 0.25) is 0 Å². The monoisotopic (exact) mass is 269 g/mol. The van der Waals surface area contributed by atoms with Crippen molar-refractivity contribution in [1.82, 2.24) is 14.3 Å². The molecule has 1 aromatic rings. The van der Waals surface area contributed by atoms with Crippen molar-refractivity contribution in [3.05, 3.63) is 26.5 Å². The molecule has 106 valence electrons. The molecule has 0 aliphatic rings. The van der Waals surface area contributed by atoms with E-state index in [1.54, 1.807) is 27.7 Å². The summed E-state index contributed by atoms with van der Waals surface area (Å²) in [5.74, 6) is -0.476. The smallest absolute Gasteiger partial charge is 0.350 e. The van der Waals surface area contributed by atoms with Crippen molar-refractivity contribution in [3.8, 4) is 0 Å². The highest BCUT2D eigenvalue weighted by Gasteiger charge is 2.23. The van der Waals surface area contributed by atoms with Gasteiger partial charge in [0.05, 0.1) is 5.41 Å². The van der Waals surface area contributed by atoms with E-state index in [0.717, 1.165) is 9.25 Å². The van der Waals surface area contributed by atoms with Gasteiger partial charge >= 0.3 is 11.7 Å². The van der Waals surface area contributed by atoms with Crippen LogP contribution in [-0.4, -0.2) is 20.3 Å². The Labute approximate surface area is 110 Å². The molecule has 1 rings (SSSR count). The molecule has 0 atom stereocenters. The fourth-order valence-corrected chi connectivity index (χ4v) is 1.35. The molecule has 0 spiro atoms. The maximum absolute atomic E-state index is 11.9. The standard InChI is InChI=1S/C12H19N3O4/c1-6-15-11(18)14(9(16)8(2)13-15)7-19-10(17)12(3,4)5/h6-7H2,1-5H3. The maximum atomic E-state index is 11.9. The summed E-state index contributed by atoms with van der Waals surface area (Å²) < 4.78 is 7.02. The summed E-state index contributed by atoms with van der Waals surface area (Å²) in [6.07, 6.45) is 0. The molecule has 7 nitrogen and oxygen atoms in total. The van der Waals surface area contributed by atoms with Gasteiger partial charge in [-0.3, -0.25) is 9.59 Å². The van der Waals surface area contributed by atoms with E-state index in [0.29, 0.717) is 6.54 Å². The molecule has 1 aromatic heterocycles. The van der Waals surface area contributed by atoms with Crippen LogP contribution in [0.3, 0.4) is 0 Å². The van der Waals surface area contributed by atoms with Gasteiger partial charge in [-0.25, -0.2) is 14.0 Å². The number of aromatic nitrogens is 3. The molecule has 0 unspecified atom stereocenters. The van der Waals surface area contributed by atoms with Gasteiger partial charge in [-0.15, -0.1) is 0 Å². The molecule has 0 saturated carbocycles. The second-order valence-corrected chi connectivity index (χ2v) is 5.23. The highest BCUT2D eigenvalue weighted by atomic mass is 16.5. The quantitative estimate of drug-likeness (QED) is 0.736. The third-order valence-corrected chi connectivity index (χ3v) is 2.51. The number of nitrogens with zero attached hydrogens (tertiary/aromatic N) is 3. The number of carbonyl (C=O) groups is 1. The molecule has 0 aliphatic heterocycles. The molecule has 0 N–H and O–H groups in total. The number of aryl methyl sites for hydroxylation is 2. The van der Waals surface area contributed by atoms with Gasteiger partial charge in [0.15, 0.2) is 6.73 Å². The molecule has 7 heteroatoms. The van der Waals surface area contributed by atoms with Gasteiger partial charge in [-0.1, -0.05) is 0 Å². The number of rotatable bonds is 3. The predicted octanol–water partition coefficient (Wildman–Crippen LogP) is 0.280. The van der Waals surface area contributed by atoms with Crippen LogP contribution in [0.25, 0.3) is 0 Å². The van der Waals surface area contributed by atoms with E-state index in [1.165, 1.54) is 6.92 Å². The van der Waals surface area contributed by atoms with Crippen LogP contribution in [0, 0.1) is 12.3 Å². The SMILES string of the molecule is CCn1nc(C)c(=O)n(COC(=O)C(C)(C)C)c1=O. The summed E-state index contributed by atoms with van der Waals surface area (Å²) in [7, 11) is 0. The van der Waals surface area contributed by atoms with Crippen LogP contribution in [0.2, 0.25) is 0 Å². The Morgan fingerprint density at radius 1 is 1.32 bits per heavy atom. The minimum atomic E-state index is -0.685. The van der Waals surface area contributed by atoms with E-state index in [4.69, 9.17) is 4.74 Å². The maximum Gasteiger partial charge on any atom is 0.350 e. The predicted molar refractivity (Wildman–Crippen MR) is 68.7 cm³/mol. The van der Waals surface area contributed by atoms with Crippen molar-refractivity contribution in [2.75, 3.05) is 0 Å². The van der Waals surface area contributed by atoms with E-state index < -0.39 is 29.4 Å². The lowest BCUT2D eigenvalue weighted by Gasteiger charge is -2.17. The second-order valence-electron chi connectivity index (χ2n) is 5.23. The first-order valence-corrected chi connectivity index (χ1v) is 6.04. The molecule has 0 aromatic carbocycles. The largest absolute Gasteiger partial charge is 0.443 e. The zero-order chi connectivity index (χ0) is 14.8. The van der Waals surface area contributed by atoms with Crippen LogP contribution in [0.5, 0.6) is 0 Å². The lowest BCUT2D eigenvalue weighted by molar-refractivity contribution is -0.157. The Hall–Kier alpha value is -1.92. The Morgan fingerprint density at radius 2 is 1.89 bits per heavy atom. The van der Waals surface area contributed by atoms with Crippen LogP contribution in [0.4, 0.5) is 0 Å². The van der Waals surface area contributed by atoms with Crippen LogP contribution >= 0.6 is 0 Å². The number of hydrogen-bond acceptors (Lipinski definition) is 5. The first kappa shape index (κ1) is 15.1. The lowest BCUT2D eigenvalue weighted by atomic mass is 9.98. The Bertz CT molecular complexity index is 592. The van der Waals surface area contributed by atoms with Crippen LogP contribution in [0.1, 0.15) is 33.4 Å². The zero-order valence-electron chi connectivity index (χ0n) is 11.9. The summed E-state index contributed by atoms with van der Waals surface area (Å²) in [4.78, 5) is 35.4. The van der Waals surface area contributed by atoms with Crippen molar-refractivity contribution in [2.24, 2.45) is 5.41 Å². The third kappa shape index (κ3) is 3.30. The molecule has 0 radical (unpaired) electrons. The minimum absolute atomic E-state index is 0.188. The first-order chi connectivity index (χ1) is 8.68. The van der Waals surface area contributed by atoms with Crippen molar-refractivity contribution in [1.29, 1.82) is 0 Å². The summed E-state index contributed by atoms with van der Waals surface area (Å²) in [6, 6.07) is 0. The summed E-state index contributed by atoms with van der Waals surface area (Å²) >= 11 is 0. The zero-order valence-corrected chi connectivity index (χ0v) is 11.9. The second kappa shape index (κ2) is 5.38. The fraction of sp³-hybridized carbons (Fsp3) is 0.667. The summed E-state index contributed by atoms with van der Waals surface area (Å²) in [5.41, 5.74) is -1.63. The van der Waals surface area contributed by atoms with Gasteiger partial charge < -0.3 is 4.74 Å². The van der Waals surface area contributed by atoms with Gasteiger partial charge in [0.25, 0.3) is 5.56 Å². The first-order valence-electron chi connectivity index (χ1n) is 6.04. The third-order valence-electron chi connectivity index (χ3n) is 2.51. The van der Waals surface area contributed by atoms with Crippen molar-refractivity contribution >= 4 is 5.97 Å². The highest BCUT2D eigenvalue weighted by Crippen LogP contribution is 2.14. The molecule has 1 heterocycles. The number of ether oxygens (including phenoxy) is 1. The number of esters is 1. The topological polar surface area (TPSA) is 83.2 Å². The summed E-state index contributed by atoms with van der Waals surface area (Å²) in [6.45, 7) is 8.28. The van der Waals surface area contributed by atoms with Gasteiger partial charge in [0.1, 0.15) is 5.69 Å². The van der Waals surface area contributed by atoms with Gasteiger partial charge in [0, 0.05) is 6.54 Å². The van der Waals surface area contributed by atoms with E-state index >= 15 is 0 Å². The van der Waals surface area contributed by atoms with E-state index in [1.807, 2.05) is 0 Å². The molecule has 0 amide bonds. The van der Waals surface area contributed by atoms with Crippen LogP contribution in [-0.2, 0) is 22.8 Å². The average Bonchev–Trinajstić information content (AvgIpc) is 2.32. The van der Waals surface area contributed by atoms with Crippen molar-refractivity contribution < 1.29 is 9.53 Å². The molecule has 0 aliphatic carbocycles. The van der Waals surface area contributed by atoms with Crippen molar-refractivity contribution in [3.63, 3.8) is 0 Å². The fourth-order valence-electron chi connectivity index (χ4n) is 1.35. The van der Waals surface area contributed by atoms with Crippen LogP contribution < -0.4 is 11.2 Å². The Balaban J connectivity index is 3.09. The van der Waals surface area contributed by atoms with Crippen molar-refractivity contribution in [2.45, 2.75) is 47.9 Å². The number of carbonyl (C=O) groups excluding carboxylic acids is 1.